The SMILES string of the molecule is O=C(O)c1nc2ccccc2c(C(=O)O)c1-c1ccc(OCc2ccc(Cl)c(Cl)c2)cc1. The molecule has 0 spiro atoms. The van der Waals surface area contributed by atoms with Crippen molar-refractivity contribution in [2.24, 2.45) is 0 Å². The molecule has 160 valence electrons. The number of carboxylic acid groups (broad SMARTS) is 2. The number of hydrogen-bond acceptors (Lipinski definition) is 4. The number of benzene rings is 3. The van der Waals surface area contributed by atoms with E-state index in [0.29, 0.717) is 32.3 Å². The van der Waals surface area contributed by atoms with Gasteiger partial charge in [-0.05, 0) is 41.5 Å². The van der Waals surface area contributed by atoms with E-state index in [-0.39, 0.29) is 23.4 Å². The van der Waals surface area contributed by atoms with Crippen LogP contribution in [0.15, 0.2) is 66.7 Å². The van der Waals surface area contributed by atoms with Gasteiger partial charge in [0.1, 0.15) is 12.4 Å². The molecular weight excluding hydrogens is 453 g/mol. The van der Waals surface area contributed by atoms with E-state index in [1.54, 1.807) is 66.7 Å². The minimum Gasteiger partial charge on any atom is -0.489 e. The fraction of sp³-hybridized carbons (Fsp3) is 0.0417. The maximum atomic E-state index is 12.1. The maximum Gasteiger partial charge on any atom is 0.355 e. The van der Waals surface area contributed by atoms with Gasteiger partial charge < -0.3 is 14.9 Å². The van der Waals surface area contributed by atoms with E-state index in [9.17, 15) is 19.8 Å². The Balaban J connectivity index is 1.72. The summed E-state index contributed by atoms with van der Waals surface area (Å²) in [5.41, 5.74) is 1.12. The summed E-state index contributed by atoms with van der Waals surface area (Å²) in [5, 5.41) is 20.8. The van der Waals surface area contributed by atoms with Crippen LogP contribution in [0.2, 0.25) is 10.0 Å². The Morgan fingerprint density at radius 1 is 0.875 bits per heavy atom. The number of pyridine rings is 1. The molecule has 0 aliphatic heterocycles. The molecule has 0 aliphatic carbocycles. The monoisotopic (exact) mass is 467 g/mol. The Bertz CT molecular complexity index is 1350. The second-order valence-corrected chi connectivity index (χ2v) is 7.71. The summed E-state index contributed by atoms with van der Waals surface area (Å²) in [5.74, 6) is -2.03. The fourth-order valence-corrected chi connectivity index (χ4v) is 3.70. The van der Waals surface area contributed by atoms with Crippen molar-refractivity contribution in [2.75, 3.05) is 0 Å². The van der Waals surface area contributed by atoms with Gasteiger partial charge in [0.25, 0.3) is 0 Å². The minimum absolute atomic E-state index is 0.0414. The maximum absolute atomic E-state index is 12.1. The lowest BCUT2D eigenvalue weighted by atomic mass is 9.94. The topological polar surface area (TPSA) is 96.7 Å². The van der Waals surface area contributed by atoms with Crippen LogP contribution in [0, 0.1) is 0 Å². The molecule has 32 heavy (non-hydrogen) atoms. The molecule has 0 fully saturated rings. The van der Waals surface area contributed by atoms with Crippen LogP contribution in [0.5, 0.6) is 5.75 Å². The van der Waals surface area contributed by atoms with Crippen LogP contribution in [0.25, 0.3) is 22.0 Å². The van der Waals surface area contributed by atoms with Crippen molar-refractivity contribution >= 4 is 46.0 Å². The van der Waals surface area contributed by atoms with Gasteiger partial charge in [0, 0.05) is 10.9 Å². The third-order valence-electron chi connectivity index (χ3n) is 4.84. The van der Waals surface area contributed by atoms with Crippen LogP contribution in [0.3, 0.4) is 0 Å². The fourth-order valence-electron chi connectivity index (χ4n) is 3.38. The quantitative estimate of drug-likeness (QED) is 0.351. The zero-order chi connectivity index (χ0) is 22.8. The van der Waals surface area contributed by atoms with E-state index in [1.165, 1.54) is 0 Å². The molecule has 2 N–H and O–H groups in total. The minimum atomic E-state index is -1.31. The summed E-state index contributed by atoms with van der Waals surface area (Å²) in [4.78, 5) is 28.2. The molecule has 0 saturated carbocycles. The first-order valence-corrected chi connectivity index (χ1v) is 10.2. The van der Waals surface area contributed by atoms with Gasteiger partial charge in [0.2, 0.25) is 0 Å². The van der Waals surface area contributed by atoms with Crippen molar-refractivity contribution in [1.29, 1.82) is 0 Å². The Morgan fingerprint density at radius 2 is 1.59 bits per heavy atom. The second kappa shape index (κ2) is 8.86. The number of hydrogen-bond donors (Lipinski definition) is 2. The third-order valence-corrected chi connectivity index (χ3v) is 5.58. The van der Waals surface area contributed by atoms with Crippen LogP contribution in [-0.4, -0.2) is 27.1 Å². The molecule has 0 radical (unpaired) electrons. The molecule has 4 aromatic rings. The molecule has 8 heteroatoms. The van der Waals surface area contributed by atoms with E-state index >= 15 is 0 Å². The zero-order valence-corrected chi connectivity index (χ0v) is 17.9. The van der Waals surface area contributed by atoms with E-state index in [2.05, 4.69) is 4.98 Å². The van der Waals surface area contributed by atoms with Crippen molar-refractivity contribution in [1.82, 2.24) is 4.98 Å². The highest BCUT2D eigenvalue weighted by molar-refractivity contribution is 6.42. The number of ether oxygens (including phenoxy) is 1. The van der Waals surface area contributed by atoms with Crippen molar-refractivity contribution in [3.05, 3.63) is 93.6 Å². The Labute approximate surface area is 192 Å². The molecule has 0 unspecified atom stereocenters. The first-order valence-electron chi connectivity index (χ1n) is 9.41. The van der Waals surface area contributed by atoms with E-state index in [0.717, 1.165) is 5.56 Å². The molecule has 1 aromatic heterocycles. The summed E-state index contributed by atoms with van der Waals surface area (Å²) >= 11 is 11.9. The molecule has 4 rings (SSSR count). The lowest BCUT2D eigenvalue weighted by Crippen LogP contribution is -2.10. The number of carboxylic acids is 2. The average Bonchev–Trinajstić information content (AvgIpc) is 2.78. The Morgan fingerprint density at radius 3 is 2.25 bits per heavy atom. The van der Waals surface area contributed by atoms with Crippen molar-refractivity contribution in [3.63, 3.8) is 0 Å². The Hall–Kier alpha value is -3.61. The summed E-state index contributed by atoms with van der Waals surface area (Å²) in [6.45, 7) is 0.245. The van der Waals surface area contributed by atoms with Gasteiger partial charge in [0.15, 0.2) is 5.69 Å². The van der Waals surface area contributed by atoms with E-state index in [1.807, 2.05) is 0 Å². The Kier molecular flexibility index (Phi) is 5.99. The normalized spacial score (nSPS) is 10.8. The summed E-state index contributed by atoms with van der Waals surface area (Å²) < 4.78 is 5.75. The van der Waals surface area contributed by atoms with Gasteiger partial charge in [-0.15, -0.1) is 0 Å². The summed E-state index contributed by atoms with van der Waals surface area (Å²) in [6.07, 6.45) is 0. The van der Waals surface area contributed by atoms with Crippen LogP contribution in [-0.2, 0) is 6.61 Å². The zero-order valence-electron chi connectivity index (χ0n) is 16.4. The van der Waals surface area contributed by atoms with Gasteiger partial charge in [0.05, 0.1) is 21.1 Å². The number of aromatic nitrogens is 1. The lowest BCUT2D eigenvalue weighted by molar-refractivity contribution is 0.0691. The molecule has 0 bridgehead atoms. The van der Waals surface area contributed by atoms with Gasteiger partial charge in [-0.1, -0.05) is 59.6 Å². The standard InChI is InChI=1S/C24H15Cl2NO5/c25-17-10-5-13(11-18(17)26)12-32-15-8-6-14(7-9-15)20-21(23(28)29)16-3-1-2-4-19(16)27-22(20)24(30)31/h1-11H,12H2,(H,28,29)(H,30,31). The van der Waals surface area contributed by atoms with Gasteiger partial charge in [-0.25, -0.2) is 14.6 Å². The molecular formula is C24H15Cl2NO5. The van der Waals surface area contributed by atoms with Crippen LogP contribution < -0.4 is 4.74 Å². The summed E-state index contributed by atoms with van der Waals surface area (Å²) in [6, 6.07) is 18.2. The van der Waals surface area contributed by atoms with Crippen molar-refractivity contribution in [2.45, 2.75) is 6.61 Å². The number of rotatable bonds is 6. The second-order valence-electron chi connectivity index (χ2n) is 6.90. The third kappa shape index (κ3) is 4.23. The van der Waals surface area contributed by atoms with Crippen LogP contribution in [0.4, 0.5) is 0 Å². The van der Waals surface area contributed by atoms with Crippen LogP contribution >= 0.6 is 23.2 Å². The van der Waals surface area contributed by atoms with Gasteiger partial charge in [-0.3, -0.25) is 0 Å². The highest BCUT2D eigenvalue weighted by Crippen LogP contribution is 2.33. The van der Waals surface area contributed by atoms with Crippen molar-refractivity contribution in [3.8, 4) is 16.9 Å². The number of carbonyl (C=O) groups is 2. The van der Waals surface area contributed by atoms with Gasteiger partial charge in [-0.2, -0.15) is 0 Å². The first-order chi connectivity index (χ1) is 15.3. The number of para-hydroxylation sites is 1. The molecule has 0 aliphatic rings. The van der Waals surface area contributed by atoms with Crippen molar-refractivity contribution < 1.29 is 24.5 Å². The number of aromatic carboxylic acids is 2. The number of fused-ring (bicyclic) bond motifs is 1. The highest BCUT2D eigenvalue weighted by Gasteiger charge is 2.24. The number of halogens is 2. The van der Waals surface area contributed by atoms with E-state index in [4.69, 9.17) is 27.9 Å². The largest absolute Gasteiger partial charge is 0.489 e. The molecule has 1 heterocycles. The van der Waals surface area contributed by atoms with E-state index < -0.39 is 11.9 Å². The average molecular weight is 468 g/mol. The highest BCUT2D eigenvalue weighted by atomic mass is 35.5. The van der Waals surface area contributed by atoms with Gasteiger partial charge >= 0.3 is 11.9 Å². The first kappa shape index (κ1) is 21.6. The molecule has 0 saturated heterocycles. The predicted molar refractivity (Wildman–Crippen MR) is 122 cm³/mol. The predicted octanol–water partition coefficient (Wildman–Crippen LogP) is 6.18. The lowest BCUT2D eigenvalue weighted by Gasteiger charge is -2.14. The van der Waals surface area contributed by atoms with Crippen LogP contribution in [0.1, 0.15) is 26.4 Å². The molecule has 3 aromatic carbocycles. The summed E-state index contributed by atoms with van der Waals surface area (Å²) in [7, 11) is 0. The molecule has 6 nitrogen and oxygen atoms in total. The smallest absolute Gasteiger partial charge is 0.355 e. The molecule has 0 amide bonds. The number of nitrogens with zero attached hydrogens (tertiary/aromatic N) is 1. The molecule has 0 atom stereocenters.